The predicted molar refractivity (Wildman–Crippen MR) is 90.0 cm³/mol. The first kappa shape index (κ1) is 16.1. The summed E-state index contributed by atoms with van der Waals surface area (Å²) < 4.78 is 6.09. The van der Waals surface area contributed by atoms with Crippen LogP contribution in [0.1, 0.15) is 72.4 Å². The van der Waals surface area contributed by atoms with Gasteiger partial charge in [-0.3, -0.25) is 0 Å². The number of nitrogens with zero attached hydrogens (tertiary/aromatic N) is 1. The van der Waals surface area contributed by atoms with Gasteiger partial charge >= 0.3 is 0 Å². The fraction of sp³-hybridized carbons (Fsp3) is 0.632. The van der Waals surface area contributed by atoms with Gasteiger partial charge in [-0.1, -0.05) is 61.5 Å². The molecule has 2 heteroatoms. The first-order chi connectivity index (χ1) is 9.48. The Hall–Kier alpha value is -1.31. The molecule has 1 aromatic carbocycles. The Labute approximate surface area is 129 Å². The van der Waals surface area contributed by atoms with E-state index in [0.717, 1.165) is 23.4 Å². The zero-order valence-corrected chi connectivity index (χ0v) is 14.8. The maximum atomic E-state index is 6.09. The molecule has 0 bridgehead atoms. The second-order valence-electron chi connectivity index (χ2n) is 8.58. The van der Waals surface area contributed by atoms with Crippen molar-refractivity contribution in [3.63, 3.8) is 0 Å². The molecule has 0 unspecified atom stereocenters. The fourth-order valence-corrected chi connectivity index (χ4v) is 2.51. The van der Waals surface area contributed by atoms with Crippen molar-refractivity contribution < 1.29 is 4.42 Å². The maximum absolute atomic E-state index is 6.09. The zero-order valence-electron chi connectivity index (χ0n) is 14.8. The number of hydrogen-bond acceptors (Lipinski definition) is 2. The lowest BCUT2D eigenvalue weighted by Gasteiger charge is -2.24. The van der Waals surface area contributed by atoms with Crippen LogP contribution in [0.25, 0.3) is 11.1 Å². The van der Waals surface area contributed by atoms with Crippen molar-refractivity contribution in [3.8, 4) is 0 Å². The lowest BCUT2D eigenvalue weighted by atomic mass is 9.80. The molecular formula is C19H29NO. The molecule has 2 nitrogen and oxygen atoms in total. The number of fused-ring (bicyclic) bond motifs is 1. The van der Waals surface area contributed by atoms with Gasteiger partial charge in [0.25, 0.3) is 0 Å². The highest BCUT2D eigenvalue weighted by atomic mass is 16.3. The van der Waals surface area contributed by atoms with Gasteiger partial charge in [0.05, 0.1) is 0 Å². The highest BCUT2D eigenvalue weighted by molar-refractivity contribution is 5.79. The topological polar surface area (TPSA) is 26.0 Å². The Morgan fingerprint density at radius 2 is 1.62 bits per heavy atom. The van der Waals surface area contributed by atoms with Gasteiger partial charge in [-0.25, -0.2) is 4.98 Å². The number of hydrogen-bond donors (Lipinski definition) is 0. The van der Waals surface area contributed by atoms with Crippen LogP contribution < -0.4 is 0 Å². The van der Waals surface area contributed by atoms with E-state index in [1.165, 1.54) is 11.1 Å². The van der Waals surface area contributed by atoms with Crippen LogP contribution in [0.15, 0.2) is 16.5 Å². The molecular weight excluding hydrogens is 258 g/mol. The van der Waals surface area contributed by atoms with Gasteiger partial charge in [-0.2, -0.15) is 0 Å². The van der Waals surface area contributed by atoms with Crippen LogP contribution in [0.5, 0.6) is 0 Å². The maximum Gasteiger partial charge on any atom is 0.195 e. The molecule has 0 aliphatic rings. The Bertz CT molecular complexity index is 636. The van der Waals surface area contributed by atoms with E-state index in [1.807, 2.05) is 0 Å². The summed E-state index contributed by atoms with van der Waals surface area (Å²) in [6.45, 7) is 17.8. The summed E-state index contributed by atoms with van der Waals surface area (Å²) in [6, 6.07) is 4.49. The van der Waals surface area contributed by atoms with Gasteiger partial charge in [0.1, 0.15) is 5.52 Å². The Morgan fingerprint density at radius 1 is 1.00 bits per heavy atom. The third-order valence-corrected chi connectivity index (χ3v) is 3.79. The van der Waals surface area contributed by atoms with Gasteiger partial charge < -0.3 is 4.42 Å². The third kappa shape index (κ3) is 3.48. The van der Waals surface area contributed by atoms with E-state index >= 15 is 0 Å². The van der Waals surface area contributed by atoms with E-state index in [2.05, 4.69) is 67.5 Å². The second kappa shape index (κ2) is 5.15. The minimum atomic E-state index is 0.0497. The van der Waals surface area contributed by atoms with E-state index < -0.39 is 0 Å². The van der Waals surface area contributed by atoms with Gasteiger partial charge in [0.2, 0.25) is 0 Å². The monoisotopic (exact) mass is 287 g/mol. The SMILES string of the molecule is CC(C)Cc1nc2cc(C(C)(C)C)cc(C(C)(C)C)c2o1. The van der Waals surface area contributed by atoms with Crippen LogP contribution in [0.2, 0.25) is 0 Å². The average molecular weight is 287 g/mol. The molecule has 2 rings (SSSR count). The highest BCUT2D eigenvalue weighted by Crippen LogP contribution is 2.35. The van der Waals surface area contributed by atoms with Crippen LogP contribution in [-0.4, -0.2) is 4.98 Å². The number of benzene rings is 1. The minimum Gasteiger partial charge on any atom is -0.440 e. The second-order valence-corrected chi connectivity index (χ2v) is 8.58. The summed E-state index contributed by atoms with van der Waals surface area (Å²) in [7, 11) is 0. The molecule has 0 atom stereocenters. The van der Waals surface area contributed by atoms with E-state index in [4.69, 9.17) is 9.40 Å². The third-order valence-electron chi connectivity index (χ3n) is 3.79. The zero-order chi connectivity index (χ0) is 16.0. The molecule has 116 valence electrons. The van der Waals surface area contributed by atoms with Crippen LogP contribution >= 0.6 is 0 Å². The Balaban J connectivity index is 2.69. The quantitative estimate of drug-likeness (QED) is 0.716. The summed E-state index contributed by atoms with van der Waals surface area (Å²) in [5.41, 5.74) is 4.71. The van der Waals surface area contributed by atoms with Gasteiger partial charge in [-0.05, 0) is 28.4 Å². The van der Waals surface area contributed by atoms with Crippen molar-refractivity contribution >= 4 is 11.1 Å². The number of aromatic nitrogens is 1. The molecule has 0 saturated heterocycles. The first-order valence-electron chi connectivity index (χ1n) is 7.93. The van der Waals surface area contributed by atoms with E-state index in [0.29, 0.717) is 5.92 Å². The fourth-order valence-electron chi connectivity index (χ4n) is 2.51. The average Bonchev–Trinajstić information content (AvgIpc) is 2.65. The van der Waals surface area contributed by atoms with Gasteiger partial charge in [0, 0.05) is 12.0 Å². The summed E-state index contributed by atoms with van der Waals surface area (Å²) in [4.78, 5) is 4.73. The van der Waals surface area contributed by atoms with E-state index in [1.54, 1.807) is 0 Å². The molecule has 0 spiro atoms. The molecule has 1 heterocycles. The molecule has 0 aliphatic carbocycles. The Morgan fingerprint density at radius 3 is 2.10 bits per heavy atom. The van der Waals surface area contributed by atoms with Gasteiger partial charge in [0.15, 0.2) is 11.5 Å². The normalized spacial score (nSPS) is 13.4. The van der Waals surface area contributed by atoms with Crippen LogP contribution in [0, 0.1) is 5.92 Å². The van der Waals surface area contributed by atoms with Crippen molar-refractivity contribution in [3.05, 3.63) is 29.2 Å². The molecule has 0 aliphatic heterocycles. The lowest BCUT2D eigenvalue weighted by molar-refractivity contribution is 0.473. The van der Waals surface area contributed by atoms with E-state index in [9.17, 15) is 0 Å². The van der Waals surface area contributed by atoms with Crippen molar-refractivity contribution in [2.45, 2.75) is 72.6 Å². The smallest absolute Gasteiger partial charge is 0.195 e. The van der Waals surface area contributed by atoms with Gasteiger partial charge in [-0.15, -0.1) is 0 Å². The summed E-state index contributed by atoms with van der Waals surface area (Å²) in [5, 5.41) is 0. The predicted octanol–water partition coefficient (Wildman–Crippen LogP) is 5.62. The van der Waals surface area contributed by atoms with Crippen molar-refractivity contribution in [1.29, 1.82) is 0 Å². The van der Waals surface area contributed by atoms with Crippen molar-refractivity contribution in [2.75, 3.05) is 0 Å². The molecule has 0 radical (unpaired) electrons. The molecule has 0 fully saturated rings. The number of oxazole rings is 1. The summed E-state index contributed by atoms with van der Waals surface area (Å²) >= 11 is 0. The molecule has 2 aromatic rings. The van der Waals surface area contributed by atoms with Crippen LogP contribution in [-0.2, 0) is 17.3 Å². The number of rotatable bonds is 2. The standard InChI is InChI=1S/C19H29NO/c1-12(2)9-16-20-15-11-13(18(3,4)5)10-14(17(15)21-16)19(6,7)8/h10-12H,9H2,1-8H3. The molecule has 0 N–H and O–H groups in total. The lowest BCUT2D eigenvalue weighted by Crippen LogP contribution is -2.16. The first-order valence-corrected chi connectivity index (χ1v) is 7.93. The highest BCUT2D eigenvalue weighted by Gasteiger charge is 2.25. The summed E-state index contributed by atoms with van der Waals surface area (Å²) in [5.74, 6) is 1.41. The molecule has 0 saturated carbocycles. The van der Waals surface area contributed by atoms with Crippen LogP contribution in [0.4, 0.5) is 0 Å². The molecule has 1 aromatic heterocycles. The Kier molecular flexibility index (Phi) is 3.94. The van der Waals surface area contributed by atoms with Crippen LogP contribution in [0.3, 0.4) is 0 Å². The largest absolute Gasteiger partial charge is 0.440 e. The molecule has 0 amide bonds. The van der Waals surface area contributed by atoms with Crippen molar-refractivity contribution in [2.24, 2.45) is 5.92 Å². The van der Waals surface area contributed by atoms with E-state index in [-0.39, 0.29) is 10.8 Å². The minimum absolute atomic E-state index is 0.0497. The molecule has 21 heavy (non-hydrogen) atoms. The van der Waals surface area contributed by atoms with Crippen molar-refractivity contribution in [1.82, 2.24) is 4.98 Å². The summed E-state index contributed by atoms with van der Waals surface area (Å²) in [6.07, 6.45) is 0.892.